The van der Waals surface area contributed by atoms with Crippen molar-refractivity contribution in [1.29, 1.82) is 0 Å². The summed E-state index contributed by atoms with van der Waals surface area (Å²) in [6.45, 7) is 1.52. The molecule has 4 rings (SSSR count). The van der Waals surface area contributed by atoms with Gasteiger partial charge >= 0.3 is 0 Å². The largest absolute Gasteiger partial charge is 0.341 e. The maximum absolute atomic E-state index is 12.9. The molecule has 0 radical (unpaired) electrons. The number of carbonyl (C=O) groups is 3. The summed E-state index contributed by atoms with van der Waals surface area (Å²) in [6, 6.07) is 6.08. The molecule has 1 aromatic carbocycles. The number of aromatic amines is 1. The van der Waals surface area contributed by atoms with E-state index >= 15 is 0 Å². The summed E-state index contributed by atoms with van der Waals surface area (Å²) in [5, 5.41) is 12.4. The Morgan fingerprint density at radius 3 is 2.71 bits per heavy atom. The third-order valence-electron chi connectivity index (χ3n) is 5.55. The number of likely N-dealkylation sites (tertiary alicyclic amines) is 1. The molecule has 2 fully saturated rings. The fourth-order valence-corrected chi connectivity index (χ4v) is 4.32. The van der Waals surface area contributed by atoms with E-state index in [-0.39, 0.29) is 17.4 Å². The van der Waals surface area contributed by atoms with Gasteiger partial charge in [0.25, 0.3) is 11.8 Å². The first-order chi connectivity index (χ1) is 14.9. The summed E-state index contributed by atoms with van der Waals surface area (Å²) in [4.78, 5) is 40.1. The van der Waals surface area contributed by atoms with E-state index in [1.807, 2.05) is 4.90 Å². The maximum atomic E-state index is 12.9. The lowest BCUT2D eigenvalue weighted by Crippen LogP contribution is -2.48. The molecule has 0 bridgehead atoms. The average Bonchev–Trinajstić information content (AvgIpc) is 3.52. The van der Waals surface area contributed by atoms with Crippen LogP contribution >= 0.6 is 27.5 Å². The molecule has 1 saturated heterocycles. The van der Waals surface area contributed by atoms with Crippen LogP contribution in [0.3, 0.4) is 0 Å². The van der Waals surface area contributed by atoms with Crippen LogP contribution in [0.5, 0.6) is 0 Å². The fraction of sp³-hybridized carbons (Fsp3) is 0.429. The van der Waals surface area contributed by atoms with Crippen LogP contribution in [0, 0.1) is 5.92 Å². The van der Waals surface area contributed by atoms with Gasteiger partial charge in [-0.15, -0.1) is 0 Å². The molecule has 2 heterocycles. The summed E-state index contributed by atoms with van der Waals surface area (Å²) < 4.78 is 0.307. The van der Waals surface area contributed by atoms with Crippen molar-refractivity contribution in [3.63, 3.8) is 0 Å². The van der Waals surface area contributed by atoms with Gasteiger partial charge < -0.3 is 15.5 Å². The van der Waals surface area contributed by atoms with Gasteiger partial charge in [-0.1, -0.05) is 23.7 Å². The summed E-state index contributed by atoms with van der Waals surface area (Å²) >= 11 is 9.38. The number of hydrogen-bond acceptors (Lipinski definition) is 4. The van der Waals surface area contributed by atoms with Crippen LogP contribution in [0.15, 0.2) is 28.7 Å². The Kier molecular flexibility index (Phi) is 6.62. The second-order valence-electron chi connectivity index (χ2n) is 7.94. The topological polar surface area (TPSA) is 107 Å². The number of carbonyl (C=O) groups excluding carboxylic acids is 3. The van der Waals surface area contributed by atoms with E-state index < -0.39 is 17.9 Å². The minimum absolute atomic E-state index is 0.0272. The quantitative estimate of drug-likeness (QED) is 0.554. The molecule has 3 amide bonds. The van der Waals surface area contributed by atoms with E-state index in [1.165, 1.54) is 12.8 Å². The smallest absolute Gasteiger partial charge is 0.271 e. The van der Waals surface area contributed by atoms with Gasteiger partial charge in [0.15, 0.2) is 5.82 Å². The monoisotopic (exact) mass is 507 g/mol. The highest BCUT2D eigenvalue weighted by molar-refractivity contribution is 9.10. The van der Waals surface area contributed by atoms with Gasteiger partial charge in [-0.25, -0.2) is 0 Å². The highest BCUT2D eigenvalue weighted by atomic mass is 79.9. The zero-order chi connectivity index (χ0) is 22.0. The van der Waals surface area contributed by atoms with Crippen LogP contribution < -0.4 is 10.6 Å². The van der Waals surface area contributed by atoms with Gasteiger partial charge in [-0.2, -0.15) is 5.10 Å². The predicted molar refractivity (Wildman–Crippen MR) is 120 cm³/mol. The second-order valence-corrected chi connectivity index (χ2v) is 9.14. The lowest BCUT2D eigenvalue weighted by molar-refractivity contribution is -0.132. The van der Waals surface area contributed by atoms with Gasteiger partial charge in [0.1, 0.15) is 11.7 Å². The zero-order valence-corrected chi connectivity index (χ0v) is 19.1. The molecule has 3 N–H and O–H groups in total. The van der Waals surface area contributed by atoms with Crippen LogP contribution in [0.4, 0.5) is 5.82 Å². The Bertz CT molecular complexity index is 1010. The zero-order valence-electron chi connectivity index (χ0n) is 16.8. The third kappa shape index (κ3) is 5.10. The van der Waals surface area contributed by atoms with Crippen molar-refractivity contribution in [2.45, 2.75) is 38.1 Å². The number of nitrogens with zero attached hydrogens (tertiary/aromatic N) is 2. The Labute approximate surface area is 193 Å². The SMILES string of the molecule is O=C(Nc1n[nH]c(C(=O)NC2CCCCN(CC3CC3)C2=O)c1Br)c1ccccc1Cl. The maximum Gasteiger partial charge on any atom is 0.271 e. The van der Waals surface area contributed by atoms with Crippen molar-refractivity contribution in [2.24, 2.45) is 5.92 Å². The molecule has 1 aromatic heterocycles. The van der Waals surface area contributed by atoms with E-state index in [1.54, 1.807) is 24.3 Å². The molecule has 31 heavy (non-hydrogen) atoms. The Balaban J connectivity index is 1.43. The minimum Gasteiger partial charge on any atom is -0.341 e. The van der Waals surface area contributed by atoms with Crippen molar-refractivity contribution >= 4 is 51.1 Å². The second kappa shape index (κ2) is 9.40. The van der Waals surface area contributed by atoms with Crippen LogP contribution in [-0.2, 0) is 4.79 Å². The van der Waals surface area contributed by atoms with Gasteiger partial charge in [0, 0.05) is 13.1 Å². The van der Waals surface area contributed by atoms with Crippen LogP contribution in [0.2, 0.25) is 5.02 Å². The summed E-state index contributed by atoms with van der Waals surface area (Å²) in [7, 11) is 0. The summed E-state index contributed by atoms with van der Waals surface area (Å²) in [6.07, 6.45) is 4.76. The van der Waals surface area contributed by atoms with Gasteiger partial charge in [0.05, 0.1) is 15.1 Å². The fourth-order valence-electron chi connectivity index (χ4n) is 3.64. The van der Waals surface area contributed by atoms with E-state index in [9.17, 15) is 14.4 Å². The molecule has 164 valence electrons. The van der Waals surface area contributed by atoms with Gasteiger partial charge in [-0.05, 0) is 66.1 Å². The average molecular weight is 509 g/mol. The third-order valence-corrected chi connectivity index (χ3v) is 6.65. The van der Waals surface area contributed by atoms with Crippen molar-refractivity contribution in [1.82, 2.24) is 20.4 Å². The number of amides is 3. The van der Waals surface area contributed by atoms with Gasteiger partial charge in [-0.3, -0.25) is 19.5 Å². The molecule has 1 aliphatic carbocycles. The van der Waals surface area contributed by atoms with Crippen LogP contribution in [0.25, 0.3) is 0 Å². The standard InChI is InChI=1S/C21H23BrClN5O3/c22-16-17(26-27-18(16)25-19(29)13-5-1-2-6-14(13)23)20(30)24-15-7-3-4-10-28(21(15)31)11-12-8-9-12/h1-2,5-6,12,15H,3-4,7-11H2,(H,24,30)(H2,25,26,27,29). The van der Waals surface area contributed by atoms with E-state index in [0.717, 1.165) is 25.9 Å². The molecule has 8 nitrogen and oxygen atoms in total. The Morgan fingerprint density at radius 2 is 1.97 bits per heavy atom. The Hall–Kier alpha value is -2.39. The van der Waals surface area contributed by atoms with Crippen molar-refractivity contribution < 1.29 is 14.4 Å². The van der Waals surface area contributed by atoms with E-state index in [0.29, 0.717) is 27.4 Å². The number of anilines is 1. The molecule has 1 unspecified atom stereocenters. The Morgan fingerprint density at radius 1 is 1.19 bits per heavy atom. The molecule has 2 aliphatic rings. The number of benzene rings is 1. The van der Waals surface area contributed by atoms with E-state index in [4.69, 9.17) is 11.6 Å². The lowest BCUT2D eigenvalue weighted by Gasteiger charge is -2.24. The molecular weight excluding hydrogens is 486 g/mol. The van der Waals surface area contributed by atoms with Crippen LogP contribution in [-0.4, -0.2) is 52.0 Å². The number of nitrogens with one attached hydrogen (secondary N) is 3. The molecule has 2 aromatic rings. The highest BCUT2D eigenvalue weighted by Crippen LogP contribution is 2.31. The first-order valence-electron chi connectivity index (χ1n) is 10.3. The number of hydrogen-bond donors (Lipinski definition) is 3. The summed E-state index contributed by atoms with van der Waals surface area (Å²) in [5.74, 6) is -0.161. The van der Waals surface area contributed by atoms with Crippen molar-refractivity contribution in [3.05, 3.63) is 45.0 Å². The molecule has 0 spiro atoms. The van der Waals surface area contributed by atoms with Crippen molar-refractivity contribution in [2.75, 3.05) is 18.4 Å². The lowest BCUT2D eigenvalue weighted by atomic mass is 10.1. The normalized spacial score (nSPS) is 19.1. The molecule has 1 atom stereocenters. The minimum atomic E-state index is -0.565. The van der Waals surface area contributed by atoms with Crippen LogP contribution in [0.1, 0.15) is 53.0 Å². The van der Waals surface area contributed by atoms with E-state index in [2.05, 4.69) is 36.8 Å². The first kappa shape index (κ1) is 21.8. The highest BCUT2D eigenvalue weighted by Gasteiger charge is 2.33. The number of halogens is 2. The first-order valence-corrected chi connectivity index (χ1v) is 11.5. The molecule has 10 heteroatoms. The van der Waals surface area contributed by atoms with Gasteiger partial charge in [0.2, 0.25) is 5.91 Å². The number of H-pyrrole nitrogens is 1. The summed E-state index contributed by atoms with van der Waals surface area (Å²) in [5.41, 5.74) is 0.435. The number of rotatable bonds is 6. The predicted octanol–water partition coefficient (Wildman–Crippen LogP) is 3.60. The van der Waals surface area contributed by atoms with Crippen molar-refractivity contribution in [3.8, 4) is 0 Å². The number of aromatic nitrogens is 2. The molecular formula is C21H23BrClN5O3. The molecule has 1 saturated carbocycles. The molecule has 1 aliphatic heterocycles.